The summed E-state index contributed by atoms with van der Waals surface area (Å²) in [5, 5.41) is 3.16. The maximum atomic E-state index is 13.4. The Bertz CT molecular complexity index is 927. The fraction of sp³-hybridized carbons (Fsp3) is 0.476. The van der Waals surface area contributed by atoms with Crippen molar-refractivity contribution in [3.05, 3.63) is 40.7 Å². The van der Waals surface area contributed by atoms with Crippen LogP contribution in [-0.4, -0.2) is 39.0 Å². The number of carbonyl (C=O) groups excluding carboxylic acids is 3. The number of likely N-dealkylation sites (tertiary alicyclic amines) is 1. The van der Waals surface area contributed by atoms with E-state index in [9.17, 15) is 14.4 Å². The van der Waals surface area contributed by atoms with E-state index < -0.39 is 5.92 Å². The summed E-state index contributed by atoms with van der Waals surface area (Å²) in [7, 11) is 0. The highest BCUT2D eigenvalue weighted by atomic mass is 32.1. The van der Waals surface area contributed by atoms with Crippen LogP contribution in [-0.2, 0) is 16.0 Å². The molecule has 152 valence electrons. The second-order valence-electron chi connectivity index (χ2n) is 7.55. The third-order valence-corrected chi connectivity index (χ3v) is 6.65. The summed E-state index contributed by atoms with van der Waals surface area (Å²) in [6.45, 7) is 2.46. The number of amides is 2. The van der Waals surface area contributed by atoms with Crippen molar-refractivity contribution in [2.45, 2.75) is 51.5 Å². The molecule has 2 unspecified atom stereocenters. The zero-order valence-electron chi connectivity index (χ0n) is 16.4. The molecule has 0 aromatic carbocycles. The number of pyridine rings is 1. The SMILES string of the molecule is CCC(=O)Nc1nc2c(s1)C(=O)CC(C(=O)N1CCCCC1c1cccnc1)C2. The Morgan fingerprint density at radius 1 is 1.31 bits per heavy atom. The van der Waals surface area contributed by atoms with Crippen LogP contribution in [0.4, 0.5) is 5.13 Å². The summed E-state index contributed by atoms with van der Waals surface area (Å²) >= 11 is 1.21. The third-order valence-electron chi connectivity index (χ3n) is 5.59. The first-order valence-electron chi connectivity index (χ1n) is 10.1. The van der Waals surface area contributed by atoms with Gasteiger partial charge in [-0.3, -0.25) is 19.4 Å². The monoisotopic (exact) mass is 412 g/mol. The molecule has 7 nitrogen and oxygen atoms in total. The van der Waals surface area contributed by atoms with Gasteiger partial charge in [0.1, 0.15) is 0 Å². The van der Waals surface area contributed by atoms with Crippen LogP contribution in [0.3, 0.4) is 0 Å². The summed E-state index contributed by atoms with van der Waals surface area (Å²) in [5.41, 5.74) is 1.67. The van der Waals surface area contributed by atoms with Gasteiger partial charge in [0.2, 0.25) is 11.8 Å². The molecule has 2 amide bonds. The molecule has 0 bridgehead atoms. The predicted molar refractivity (Wildman–Crippen MR) is 110 cm³/mol. The number of rotatable bonds is 4. The number of nitrogens with one attached hydrogen (secondary N) is 1. The Labute approximate surface area is 173 Å². The minimum atomic E-state index is -0.399. The highest BCUT2D eigenvalue weighted by molar-refractivity contribution is 7.17. The molecule has 2 aromatic heterocycles. The normalized spacial score (nSPS) is 21.6. The molecule has 1 fully saturated rings. The van der Waals surface area contributed by atoms with E-state index in [1.807, 2.05) is 23.2 Å². The molecule has 1 aliphatic heterocycles. The lowest BCUT2D eigenvalue weighted by Crippen LogP contribution is -2.44. The number of piperidine rings is 1. The fourth-order valence-electron chi connectivity index (χ4n) is 4.12. The lowest BCUT2D eigenvalue weighted by molar-refractivity contribution is -0.139. The van der Waals surface area contributed by atoms with Gasteiger partial charge in [0, 0.05) is 38.2 Å². The van der Waals surface area contributed by atoms with Crippen LogP contribution in [0.25, 0.3) is 0 Å². The largest absolute Gasteiger partial charge is 0.335 e. The molecule has 2 aromatic rings. The number of aromatic nitrogens is 2. The summed E-state index contributed by atoms with van der Waals surface area (Å²) < 4.78 is 0. The lowest BCUT2D eigenvalue weighted by Gasteiger charge is -2.38. The number of carbonyl (C=O) groups is 3. The number of Topliss-reactive ketones (excluding diaryl/α,β-unsaturated/α-hetero) is 1. The van der Waals surface area contributed by atoms with Crippen LogP contribution in [0, 0.1) is 5.92 Å². The number of hydrogen-bond donors (Lipinski definition) is 1. The number of fused-ring (bicyclic) bond motifs is 1. The zero-order chi connectivity index (χ0) is 20.4. The Morgan fingerprint density at radius 3 is 2.93 bits per heavy atom. The van der Waals surface area contributed by atoms with E-state index in [1.54, 1.807) is 13.1 Å². The Morgan fingerprint density at radius 2 is 2.17 bits per heavy atom. The van der Waals surface area contributed by atoms with Crippen LogP contribution in [0.15, 0.2) is 24.5 Å². The van der Waals surface area contributed by atoms with E-state index in [4.69, 9.17) is 0 Å². The zero-order valence-corrected chi connectivity index (χ0v) is 17.2. The molecule has 1 N–H and O–H groups in total. The summed E-state index contributed by atoms with van der Waals surface area (Å²) in [5.74, 6) is -0.577. The molecular weight excluding hydrogens is 388 g/mol. The second-order valence-corrected chi connectivity index (χ2v) is 8.55. The van der Waals surface area contributed by atoms with Crippen molar-refractivity contribution in [1.29, 1.82) is 0 Å². The van der Waals surface area contributed by atoms with Crippen molar-refractivity contribution in [2.75, 3.05) is 11.9 Å². The van der Waals surface area contributed by atoms with Gasteiger partial charge in [-0.2, -0.15) is 0 Å². The van der Waals surface area contributed by atoms with Gasteiger partial charge in [0.15, 0.2) is 10.9 Å². The first-order chi connectivity index (χ1) is 14.1. The minimum Gasteiger partial charge on any atom is -0.335 e. The lowest BCUT2D eigenvalue weighted by atomic mass is 9.87. The van der Waals surface area contributed by atoms with Gasteiger partial charge in [-0.25, -0.2) is 4.98 Å². The van der Waals surface area contributed by atoms with Crippen molar-refractivity contribution in [2.24, 2.45) is 5.92 Å². The topological polar surface area (TPSA) is 92.3 Å². The standard InChI is InChI=1S/C21H24N4O3S/c1-2-18(27)24-21-23-15-10-14(11-17(26)19(15)29-21)20(28)25-9-4-3-7-16(25)13-6-5-8-22-12-13/h5-6,8,12,14,16H,2-4,7,9-11H2,1H3,(H,23,24,27). The van der Waals surface area contributed by atoms with E-state index in [-0.39, 0.29) is 30.1 Å². The van der Waals surface area contributed by atoms with Gasteiger partial charge >= 0.3 is 0 Å². The van der Waals surface area contributed by atoms with E-state index >= 15 is 0 Å². The Hall–Kier alpha value is -2.61. The molecule has 8 heteroatoms. The number of ketones is 1. The van der Waals surface area contributed by atoms with E-state index in [2.05, 4.69) is 15.3 Å². The van der Waals surface area contributed by atoms with Gasteiger partial charge in [0.05, 0.1) is 22.5 Å². The summed E-state index contributed by atoms with van der Waals surface area (Å²) in [6.07, 6.45) is 7.50. The van der Waals surface area contributed by atoms with E-state index in [1.165, 1.54) is 11.3 Å². The Kier molecular flexibility index (Phi) is 5.71. The van der Waals surface area contributed by atoms with Crippen molar-refractivity contribution in [3.63, 3.8) is 0 Å². The van der Waals surface area contributed by atoms with Crippen molar-refractivity contribution in [3.8, 4) is 0 Å². The van der Waals surface area contributed by atoms with Gasteiger partial charge < -0.3 is 10.2 Å². The van der Waals surface area contributed by atoms with E-state index in [0.717, 1.165) is 24.8 Å². The van der Waals surface area contributed by atoms with Crippen LogP contribution in [0.5, 0.6) is 0 Å². The molecule has 2 atom stereocenters. The first-order valence-corrected chi connectivity index (χ1v) is 10.9. The average molecular weight is 413 g/mol. The van der Waals surface area contributed by atoms with Gasteiger partial charge in [-0.1, -0.05) is 24.3 Å². The molecular formula is C21H24N4O3S. The number of anilines is 1. The maximum Gasteiger partial charge on any atom is 0.227 e. The second kappa shape index (κ2) is 8.41. The van der Waals surface area contributed by atoms with Crippen LogP contribution >= 0.6 is 11.3 Å². The number of nitrogens with zero attached hydrogens (tertiary/aromatic N) is 3. The molecule has 0 saturated carbocycles. The van der Waals surface area contributed by atoms with Gasteiger partial charge in [0.25, 0.3) is 0 Å². The minimum absolute atomic E-state index is 0.0105. The molecule has 29 heavy (non-hydrogen) atoms. The predicted octanol–water partition coefficient (Wildman–Crippen LogP) is 3.39. The highest BCUT2D eigenvalue weighted by Gasteiger charge is 2.38. The quantitative estimate of drug-likeness (QED) is 0.831. The maximum absolute atomic E-state index is 13.4. The van der Waals surface area contributed by atoms with E-state index in [0.29, 0.717) is 35.1 Å². The average Bonchev–Trinajstić information content (AvgIpc) is 3.16. The van der Waals surface area contributed by atoms with Crippen LogP contribution < -0.4 is 5.32 Å². The van der Waals surface area contributed by atoms with Crippen LogP contribution in [0.1, 0.15) is 66.0 Å². The smallest absolute Gasteiger partial charge is 0.227 e. The number of hydrogen-bond acceptors (Lipinski definition) is 6. The molecule has 1 aliphatic carbocycles. The van der Waals surface area contributed by atoms with Crippen molar-refractivity contribution in [1.82, 2.24) is 14.9 Å². The molecule has 0 spiro atoms. The van der Waals surface area contributed by atoms with Gasteiger partial charge in [-0.15, -0.1) is 0 Å². The van der Waals surface area contributed by atoms with Crippen LogP contribution in [0.2, 0.25) is 0 Å². The van der Waals surface area contributed by atoms with Gasteiger partial charge in [-0.05, 0) is 30.9 Å². The first kappa shape index (κ1) is 19.7. The molecule has 0 radical (unpaired) electrons. The molecule has 3 heterocycles. The molecule has 4 rings (SSSR count). The Balaban J connectivity index is 1.53. The molecule has 2 aliphatic rings. The summed E-state index contributed by atoms with van der Waals surface area (Å²) in [6, 6.07) is 3.91. The number of thiazole rings is 1. The highest BCUT2D eigenvalue weighted by Crippen LogP contribution is 2.36. The third kappa shape index (κ3) is 4.07. The molecule has 1 saturated heterocycles. The summed E-state index contributed by atoms with van der Waals surface area (Å²) in [4.78, 5) is 48.8. The van der Waals surface area contributed by atoms with Crippen molar-refractivity contribution < 1.29 is 14.4 Å². The van der Waals surface area contributed by atoms with Crippen molar-refractivity contribution >= 4 is 34.1 Å². The fourth-order valence-corrected chi connectivity index (χ4v) is 5.07.